The van der Waals surface area contributed by atoms with Crippen molar-refractivity contribution in [3.8, 4) is 11.5 Å². The number of unbranched alkanes of at least 4 members (excludes halogenated alkanes) is 1. The Morgan fingerprint density at radius 3 is 2.42 bits per heavy atom. The zero-order valence-corrected chi connectivity index (χ0v) is 22.9. The average molecular weight is 547 g/mol. The molecule has 0 radical (unpaired) electrons. The fourth-order valence-corrected chi connectivity index (χ4v) is 5.85. The van der Waals surface area contributed by atoms with Crippen molar-refractivity contribution < 1.29 is 28.6 Å². The van der Waals surface area contributed by atoms with Gasteiger partial charge in [0, 0.05) is 30.7 Å². The van der Waals surface area contributed by atoms with Crippen molar-refractivity contribution in [1.82, 2.24) is 4.90 Å². The van der Waals surface area contributed by atoms with Crippen LogP contribution in [-0.2, 0) is 9.59 Å². The molecule has 8 heteroatoms. The third-order valence-electron chi connectivity index (χ3n) is 7.78. The Labute approximate surface area is 234 Å². The number of ether oxygens (including phenoxy) is 2. The summed E-state index contributed by atoms with van der Waals surface area (Å²) in [4.78, 5) is 30.5. The number of likely N-dealkylation sites (tertiary alicyclic amines) is 1. The topological polar surface area (TPSA) is 79.3 Å². The van der Waals surface area contributed by atoms with E-state index in [1.807, 2.05) is 54.3 Å². The third kappa shape index (κ3) is 5.82. The SMILES string of the molecule is CCCCN(C(=O)CN1CC(c2ccc3c(c2)OCCO3)C(C(=O)O)C1c1ccc(F)cc1)c1cccc(C)c1. The van der Waals surface area contributed by atoms with Gasteiger partial charge in [0.2, 0.25) is 5.91 Å². The van der Waals surface area contributed by atoms with Crippen molar-refractivity contribution in [3.63, 3.8) is 0 Å². The maximum Gasteiger partial charge on any atom is 0.309 e. The Morgan fingerprint density at radius 1 is 1.00 bits per heavy atom. The summed E-state index contributed by atoms with van der Waals surface area (Å²) in [5.41, 5.74) is 3.36. The fourth-order valence-electron chi connectivity index (χ4n) is 5.85. The predicted molar refractivity (Wildman–Crippen MR) is 150 cm³/mol. The Morgan fingerprint density at radius 2 is 1.73 bits per heavy atom. The molecule has 1 N–H and O–H groups in total. The second-order valence-corrected chi connectivity index (χ2v) is 10.5. The van der Waals surface area contributed by atoms with Crippen LogP contribution in [0.25, 0.3) is 0 Å². The van der Waals surface area contributed by atoms with Gasteiger partial charge in [-0.2, -0.15) is 0 Å². The van der Waals surface area contributed by atoms with Gasteiger partial charge in [0.1, 0.15) is 19.0 Å². The second-order valence-electron chi connectivity index (χ2n) is 10.5. The van der Waals surface area contributed by atoms with Crippen LogP contribution in [0, 0.1) is 18.7 Å². The van der Waals surface area contributed by atoms with Crippen LogP contribution < -0.4 is 14.4 Å². The van der Waals surface area contributed by atoms with E-state index >= 15 is 0 Å². The number of amides is 1. The number of anilines is 1. The summed E-state index contributed by atoms with van der Waals surface area (Å²) in [5, 5.41) is 10.5. The van der Waals surface area contributed by atoms with Crippen molar-refractivity contribution in [2.75, 3.05) is 37.7 Å². The van der Waals surface area contributed by atoms with Crippen molar-refractivity contribution >= 4 is 17.6 Å². The van der Waals surface area contributed by atoms with Crippen molar-refractivity contribution in [2.24, 2.45) is 5.92 Å². The number of carboxylic acids is 1. The van der Waals surface area contributed by atoms with Crippen LogP contribution in [0.15, 0.2) is 66.7 Å². The van der Waals surface area contributed by atoms with Crippen LogP contribution >= 0.6 is 0 Å². The quantitative estimate of drug-likeness (QED) is 0.378. The van der Waals surface area contributed by atoms with E-state index in [-0.39, 0.29) is 12.5 Å². The first-order valence-electron chi connectivity index (χ1n) is 13.8. The summed E-state index contributed by atoms with van der Waals surface area (Å²) >= 11 is 0. The number of hydrogen-bond acceptors (Lipinski definition) is 5. The molecule has 0 saturated carbocycles. The molecule has 2 aliphatic heterocycles. The molecule has 210 valence electrons. The van der Waals surface area contributed by atoms with E-state index in [9.17, 15) is 19.1 Å². The van der Waals surface area contributed by atoms with Gasteiger partial charge in [0.05, 0.1) is 12.5 Å². The number of carbonyl (C=O) groups excluding carboxylic acids is 1. The molecule has 0 aromatic heterocycles. The number of aryl methyl sites for hydroxylation is 1. The molecule has 3 unspecified atom stereocenters. The average Bonchev–Trinajstić information content (AvgIpc) is 3.33. The van der Waals surface area contributed by atoms with Crippen LogP contribution in [0.1, 0.15) is 48.4 Å². The number of benzene rings is 3. The smallest absolute Gasteiger partial charge is 0.309 e. The van der Waals surface area contributed by atoms with Gasteiger partial charge >= 0.3 is 5.97 Å². The standard InChI is InChI=1S/C32H35FN2O5/c1-3-4-14-35(25-7-5-6-21(2)17-25)29(36)20-34-19-26(23-10-13-27-28(18-23)40-16-15-39-27)30(32(37)38)31(34)22-8-11-24(33)12-9-22/h5-13,17-18,26,30-31H,3-4,14-16,19-20H2,1-2H3,(H,37,38). The van der Waals surface area contributed by atoms with Gasteiger partial charge in [-0.3, -0.25) is 14.5 Å². The number of rotatable bonds is 9. The molecule has 7 nitrogen and oxygen atoms in total. The second kappa shape index (κ2) is 12.1. The normalized spacial score (nSPS) is 20.3. The Bertz CT molecular complexity index is 1360. The number of nitrogens with zero attached hydrogens (tertiary/aromatic N) is 2. The van der Waals surface area contributed by atoms with E-state index in [0.29, 0.717) is 43.4 Å². The van der Waals surface area contributed by atoms with E-state index in [4.69, 9.17) is 9.47 Å². The van der Waals surface area contributed by atoms with Gasteiger partial charge in [-0.1, -0.05) is 43.7 Å². The highest BCUT2D eigenvalue weighted by Crippen LogP contribution is 2.47. The monoisotopic (exact) mass is 546 g/mol. The van der Waals surface area contributed by atoms with Crippen LogP contribution in [0.2, 0.25) is 0 Å². The number of fused-ring (bicyclic) bond motifs is 1. The number of aliphatic carboxylic acids is 1. The maximum absolute atomic E-state index is 13.9. The molecule has 40 heavy (non-hydrogen) atoms. The molecule has 1 saturated heterocycles. The highest BCUT2D eigenvalue weighted by molar-refractivity contribution is 5.95. The summed E-state index contributed by atoms with van der Waals surface area (Å²) in [6.07, 6.45) is 1.78. The number of carboxylic acid groups (broad SMARTS) is 1. The number of halogens is 1. The van der Waals surface area contributed by atoms with Gasteiger partial charge < -0.3 is 19.5 Å². The predicted octanol–water partition coefficient (Wildman–Crippen LogP) is 5.58. The van der Waals surface area contributed by atoms with Crippen molar-refractivity contribution in [3.05, 3.63) is 89.2 Å². The summed E-state index contributed by atoms with van der Waals surface area (Å²) in [5.74, 6) is -1.52. The lowest BCUT2D eigenvalue weighted by molar-refractivity contribution is -0.143. The van der Waals surface area contributed by atoms with E-state index in [0.717, 1.165) is 29.7 Å². The molecule has 0 spiro atoms. The molecule has 3 aromatic carbocycles. The maximum atomic E-state index is 13.9. The first-order chi connectivity index (χ1) is 19.4. The molecule has 0 aliphatic carbocycles. The van der Waals surface area contributed by atoms with E-state index in [2.05, 4.69) is 6.92 Å². The molecule has 5 rings (SSSR count). The lowest BCUT2D eigenvalue weighted by atomic mass is 9.82. The minimum Gasteiger partial charge on any atom is -0.486 e. The Balaban J connectivity index is 1.51. The van der Waals surface area contributed by atoms with E-state index in [1.54, 1.807) is 17.0 Å². The minimum absolute atomic E-state index is 0.0323. The zero-order chi connectivity index (χ0) is 28.2. The van der Waals surface area contributed by atoms with Crippen molar-refractivity contribution in [2.45, 2.75) is 38.6 Å². The van der Waals surface area contributed by atoms with Crippen LogP contribution in [0.5, 0.6) is 11.5 Å². The van der Waals surface area contributed by atoms with Crippen LogP contribution in [0.3, 0.4) is 0 Å². The molecule has 1 amide bonds. The van der Waals surface area contributed by atoms with Crippen LogP contribution in [-0.4, -0.2) is 54.7 Å². The lowest BCUT2D eigenvalue weighted by Gasteiger charge is -2.30. The van der Waals surface area contributed by atoms with Crippen molar-refractivity contribution in [1.29, 1.82) is 0 Å². The van der Waals surface area contributed by atoms with E-state index in [1.165, 1.54) is 12.1 Å². The molecule has 2 heterocycles. The largest absolute Gasteiger partial charge is 0.486 e. The van der Waals surface area contributed by atoms with Gasteiger partial charge in [-0.05, 0) is 66.4 Å². The summed E-state index contributed by atoms with van der Waals surface area (Å²) in [6, 6.07) is 18.7. The lowest BCUT2D eigenvalue weighted by Crippen LogP contribution is -2.41. The molecule has 2 aliphatic rings. The van der Waals surface area contributed by atoms with Crippen LogP contribution in [0.4, 0.5) is 10.1 Å². The van der Waals surface area contributed by atoms with E-state index < -0.39 is 29.7 Å². The summed E-state index contributed by atoms with van der Waals surface area (Å²) in [7, 11) is 0. The minimum atomic E-state index is -0.967. The summed E-state index contributed by atoms with van der Waals surface area (Å²) < 4.78 is 25.3. The first-order valence-corrected chi connectivity index (χ1v) is 13.8. The Kier molecular flexibility index (Phi) is 8.35. The highest BCUT2D eigenvalue weighted by atomic mass is 19.1. The molecule has 3 atom stereocenters. The third-order valence-corrected chi connectivity index (χ3v) is 7.78. The number of hydrogen-bond donors (Lipinski definition) is 1. The molecule has 0 bridgehead atoms. The zero-order valence-electron chi connectivity index (χ0n) is 22.9. The fraction of sp³-hybridized carbons (Fsp3) is 0.375. The van der Waals surface area contributed by atoms with Gasteiger partial charge in [-0.25, -0.2) is 4.39 Å². The first kappa shape index (κ1) is 27.6. The van der Waals surface area contributed by atoms with Gasteiger partial charge in [-0.15, -0.1) is 0 Å². The molecule has 3 aromatic rings. The number of carbonyl (C=O) groups is 2. The molecule has 1 fully saturated rings. The summed E-state index contributed by atoms with van der Waals surface area (Å²) in [6.45, 7) is 5.91. The highest BCUT2D eigenvalue weighted by Gasteiger charge is 2.48. The molecular formula is C32H35FN2O5. The Hall–Kier alpha value is -3.91. The molecular weight excluding hydrogens is 511 g/mol. The van der Waals surface area contributed by atoms with Gasteiger partial charge in [0.15, 0.2) is 11.5 Å². The van der Waals surface area contributed by atoms with Gasteiger partial charge in [0.25, 0.3) is 0 Å².